The molecule has 0 unspecified atom stereocenters. The van der Waals surface area contributed by atoms with Crippen LogP contribution in [0.1, 0.15) is 32.9 Å². The number of ketones is 1. The fourth-order valence-electron chi connectivity index (χ4n) is 4.00. The number of halogens is 1. The van der Waals surface area contributed by atoms with Gasteiger partial charge >= 0.3 is 5.97 Å². The van der Waals surface area contributed by atoms with Crippen LogP contribution in [-0.4, -0.2) is 44.3 Å². The number of hydrogen-bond donors (Lipinski definition) is 0. The van der Waals surface area contributed by atoms with Crippen LogP contribution < -0.4 is 14.2 Å². The van der Waals surface area contributed by atoms with Crippen LogP contribution in [0.5, 0.6) is 17.2 Å². The smallest absolute Gasteiger partial charge is 0.310 e. The van der Waals surface area contributed by atoms with Crippen molar-refractivity contribution in [3.63, 3.8) is 0 Å². The summed E-state index contributed by atoms with van der Waals surface area (Å²) in [7, 11) is 4.49. The number of rotatable bonds is 11. The monoisotopic (exact) mass is 483 g/mol. The number of Topliss-reactive ketones (excluding diaryl/α,β-unsaturated/α-hetero) is 1. The maximum Gasteiger partial charge on any atom is 0.310 e. The summed E-state index contributed by atoms with van der Waals surface area (Å²) in [6.07, 6.45) is 0.648. The molecule has 3 aromatic rings. The van der Waals surface area contributed by atoms with Crippen LogP contribution in [0.15, 0.2) is 42.5 Å². The molecule has 0 radical (unpaired) electrons. The van der Waals surface area contributed by atoms with Gasteiger partial charge in [-0.05, 0) is 61.7 Å². The van der Waals surface area contributed by atoms with Crippen LogP contribution in [0, 0.1) is 19.7 Å². The number of carbonyl (C=O) groups excluding carboxylic acids is 2. The molecule has 2 aromatic carbocycles. The number of nitrogens with zero attached hydrogens (tertiary/aromatic N) is 1. The van der Waals surface area contributed by atoms with E-state index in [2.05, 4.69) is 0 Å². The summed E-state index contributed by atoms with van der Waals surface area (Å²) in [5.41, 5.74) is 3.86. The summed E-state index contributed by atoms with van der Waals surface area (Å²) in [6, 6.07) is 11.5. The molecule has 8 heteroatoms. The minimum absolute atomic E-state index is 0.0549. The molecule has 0 aliphatic heterocycles. The quantitative estimate of drug-likeness (QED) is 0.296. The maximum atomic E-state index is 13.1. The summed E-state index contributed by atoms with van der Waals surface area (Å²) in [5, 5.41) is 0. The summed E-state index contributed by atoms with van der Waals surface area (Å²) in [6.45, 7) is 4.08. The molecule has 7 nitrogen and oxygen atoms in total. The molecule has 0 atom stereocenters. The molecule has 186 valence electrons. The van der Waals surface area contributed by atoms with Crippen LogP contribution >= 0.6 is 0 Å². The zero-order chi connectivity index (χ0) is 25.5. The highest BCUT2D eigenvalue weighted by molar-refractivity contribution is 5.99. The van der Waals surface area contributed by atoms with Gasteiger partial charge in [0.1, 0.15) is 5.82 Å². The lowest BCUT2D eigenvalue weighted by Gasteiger charge is -2.14. The van der Waals surface area contributed by atoms with Crippen molar-refractivity contribution in [2.75, 3.05) is 27.9 Å². The number of aromatic nitrogens is 1. The topological polar surface area (TPSA) is 76.0 Å². The van der Waals surface area contributed by atoms with Gasteiger partial charge in [0.2, 0.25) is 11.5 Å². The lowest BCUT2D eigenvalue weighted by molar-refractivity contribution is -0.141. The maximum absolute atomic E-state index is 13.1. The molecular weight excluding hydrogens is 453 g/mol. The van der Waals surface area contributed by atoms with Crippen molar-refractivity contribution >= 4 is 11.8 Å². The molecule has 3 rings (SSSR count). The van der Waals surface area contributed by atoms with Crippen LogP contribution in [0.25, 0.3) is 0 Å². The van der Waals surface area contributed by atoms with E-state index in [1.165, 1.54) is 33.5 Å². The zero-order valence-corrected chi connectivity index (χ0v) is 20.6. The van der Waals surface area contributed by atoms with E-state index in [-0.39, 0.29) is 24.6 Å². The Morgan fingerprint density at radius 3 is 2.09 bits per heavy atom. The molecule has 0 aliphatic rings. The van der Waals surface area contributed by atoms with E-state index in [9.17, 15) is 14.0 Å². The molecule has 35 heavy (non-hydrogen) atoms. The first-order valence-corrected chi connectivity index (χ1v) is 11.2. The van der Waals surface area contributed by atoms with Crippen molar-refractivity contribution in [2.45, 2.75) is 33.2 Å². The largest absolute Gasteiger partial charge is 0.493 e. The van der Waals surface area contributed by atoms with Crippen molar-refractivity contribution in [3.05, 3.63) is 76.4 Å². The average Bonchev–Trinajstić information content (AvgIpc) is 3.14. The van der Waals surface area contributed by atoms with E-state index < -0.39 is 5.97 Å². The molecule has 0 fully saturated rings. The van der Waals surface area contributed by atoms with Gasteiger partial charge in [-0.3, -0.25) is 9.59 Å². The lowest BCUT2D eigenvalue weighted by Crippen LogP contribution is -2.16. The second-order valence-electron chi connectivity index (χ2n) is 8.11. The number of ether oxygens (including phenoxy) is 4. The van der Waals surface area contributed by atoms with Gasteiger partial charge in [-0.2, -0.15) is 0 Å². The van der Waals surface area contributed by atoms with Gasteiger partial charge < -0.3 is 23.5 Å². The van der Waals surface area contributed by atoms with E-state index in [4.69, 9.17) is 18.9 Å². The highest BCUT2D eigenvalue weighted by Crippen LogP contribution is 2.38. The van der Waals surface area contributed by atoms with Gasteiger partial charge in [-0.25, -0.2) is 4.39 Å². The Morgan fingerprint density at radius 2 is 1.51 bits per heavy atom. The van der Waals surface area contributed by atoms with Crippen molar-refractivity contribution in [1.82, 2.24) is 4.57 Å². The predicted octanol–water partition coefficient (Wildman–Crippen LogP) is 4.48. The minimum atomic E-state index is -0.544. The SMILES string of the molecule is COc1cc(CC(=O)OCC(=O)c2cc(C)n(CCc3ccc(F)cc3)c2C)cc(OC)c1OC. The van der Waals surface area contributed by atoms with Crippen molar-refractivity contribution in [2.24, 2.45) is 0 Å². The highest BCUT2D eigenvalue weighted by Gasteiger charge is 2.19. The summed E-state index contributed by atoms with van der Waals surface area (Å²) in [4.78, 5) is 25.2. The fourth-order valence-corrected chi connectivity index (χ4v) is 4.00. The molecule has 0 amide bonds. The van der Waals surface area contributed by atoms with Crippen LogP contribution in [0.4, 0.5) is 4.39 Å². The first-order valence-electron chi connectivity index (χ1n) is 11.2. The van der Waals surface area contributed by atoms with E-state index in [0.717, 1.165) is 17.0 Å². The average molecular weight is 484 g/mol. The van der Waals surface area contributed by atoms with Gasteiger partial charge in [-0.15, -0.1) is 0 Å². The number of carbonyl (C=O) groups is 2. The molecule has 0 bridgehead atoms. The third-order valence-corrected chi connectivity index (χ3v) is 5.85. The number of aryl methyl sites for hydroxylation is 2. The molecule has 1 aromatic heterocycles. The fraction of sp³-hybridized carbons (Fsp3) is 0.333. The number of esters is 1. The number of benzene rings is 2. The van der Waals surface area contributed by atoms with Crippen molar-refractivity contribution in [3.8, 4) is 17.2 Å². The highest BCUT2D eigenvalue weighted by atomic mass is 19.1. The minimum Gasteiger partial charge on any atom is -0.493 e. The Bertz CT molecular complexity index is 1170. The van der Waals surface area contributed by atoms with E-state index in [0.29, 0.717) is 41.3 Å². The summed E-state index contributed by atoms with van der Waals surface area (Å²) < 4.78 is 36.3. The number of methoxy groups -OCH3 is 3. The molecule has 0 N–H and O–H groups in total. The van der Waals surface area contributed by atoms with Crippen molar-refractivity contribution in [1.29, 1.82) is 0 Å². The standard InChI is InChI=1S/C27H30FNO6/c1-17-12-22(18(2)29(17)11-10-19-6-8-21(28)9-7-19)23(30)16-35-26(31)15-20-13-24(32-3)27(34-5)25(14-20)33-4/h6-9,12-14H,10-11,15-16H2,1-5H3. The van der Waals surface area contributed by atoms with Gasteiger partial charge in [0.25, 0.3) is 0 Å². The van der Waals surface area contributed by atoms with Crippen LogP contribution in [0.3, 0.4) is 0 Å². The van der Waals surface area contributed by atoms with E-state index >= 15 is 0 Å². The Labute approximate surface area is 204 Å². The Balaban J connectivity index is 1.62. The first-order chi connectivity index (χ1) is 16.8. The second kappa shape index (κ2) is 11.6. The van der Waals surface area contributed by atoms with Crippen molar-refractivity contribution < 1.29 is 32.9 Å². The Hall–Kier alpha value is -3.81. The Morgan fingerprint density at radius 1 is 0.886 bits per heavy atom. The zero-order valence-electron chi connectivity index (χ0n) is 20.6. The Kier molecular flexibility index (Phi) is 8.52. The van der Waals surface area contributed by atoms with Gasteiger partial charge in [-0.1, -0.05) is 12.1 Å². The molecule has 0 saturated heterocycles. The van der Waals surface area contributed by atoms with Gasteiger partial charge in [0.05, 0.1) is 27.8 Å². The summed E-state index contributed by atoms with van der Waals surface area (Å²) in [5.74, 6) is 0.201. The predicted molar refractivity (Wildman–Crippen MR) is 129 cm³/mol. The van der Waals surface area contributed by atoms with Gasteiger partial charge in [0, 0.05) is 23.5 Å². The van der Waals surface area contributed by atoms with E-state index in [1.54, 1.807) is 30.3 Å². The molecule has 0 aliphatic carbocycles. The second-order valence-corrected chi connectivity index (χ2v) is 8.11. The first kappa shape index (κ1) is 25.8. The molecule has 1 heterocycles. The molecule has 0 spiro atoms. The third-order valence-electron chi connectivity index (χ3n) is 5.85. The molecular formula is C27H30FNO6. The van der Waals surface area contributed by atoms with Gasteiger partial charge in [0.15, 0.2) is 18.1 Å². The lowest BCUT2D eigenvalue weighted by atomic mass is 10.1. The number of hydrogen-bond acceptors (Lipinski definition) is 6. The van der Waals surface area contributed by atoms with E-state index in [1.807, 2.05) is 18.4 Å². The molecule has 0 saturated carbocycles. The van der Waals surface area contributed by atoms with Crippen LogP contribution in [0.2, 0.25) is 0 Å². The summed E-state index contributed by atoms with van der Waals surface area (Å²) >= 11 is 0. The normalized spacial score (nSPS) is 10.7. The van der Waals surface area contributed by atoms with Crippen LogP contribution in [-0.2, 0) is 28.9 Å². The third kappa shape index (κ3) is 6.20.